The van der Waals surface area contributed by atoms with Gasteiger partial charge in [-0.05, 0) is 65.9 Å². The monoisotopic (exact) mass is 400 g/mol. The number of nitrogen functional groups attached to an aromatic ring is 1. The van der Waals surface area contributed by atoms with Crippen LogP contribution in [0.25, 0.3) is 0 Å². The van der Waals surface area contributed by atoms with Crippen molar-refractivity contribution >= 4 is 45.6 Å². The van der Waals surface area contributed by atoms with E-state index in [-0.39, 0.29) is 12.4 Å². The van der Waals surface area contributed by atoms with Gasteiger partial charge in [0, 0.05) is 9.26 Å². The third kappa shape index (κ3) is 3.84. The summed E-state index contributed by atoms with van der Waals surface area (Å²) in [6, 6.07) is 9.30. The number of rotatable bonds is 4. The van der Waals surface area contributed by atoms with Crippen LogP contribution in [-0.2, 0) is 4.74 Å². The molecule has 2 aromatic rings. The smallest absolute Gasteiger partial charge is 0.340 e. The molecule has 0 radical (unpaired) electrons. The van der Waals surface area contributed by atoms with Crippen LogP contribution in [0, 0.1) is 9.39 Å². The molecule has 2 rings (SSSR count). The van der Waals surface area contributed by atoms with E-state index in [1.807, 2.05) is 22.6 Å². The van der Waals surface area contributed by atoms with Crippen LogP contribution in [0.5, 0.6) is 0 Å². The Balaban J connectivity index is 2.37. The molecular formula is C15H14FIN2O2. The van der Waals surface area contributed by atoms with Crippen LogP contribution in [0.4, 0.5) is 21.5 Å². The number of carbonyl (C=O) groups is 1. The Bertz CT molecular complexity index is 677. The summed E-state index contributed by atoms with van der Waals surface area (Å²) in [5.41, 5.74) is 7.80. The summed E-state index contributed by atoms with van der Waals surface area (Å²) in [4.78, 5) is 12.0. The molecule has 2 aromatic carbocycles. The van der Waals surface area contributed by atoms with E-state index in [1.165, 1.54) is 12.1 Å². The fourth-order valence-electron chi connectivity index (χ4n) is 1.78. The van der Waals surface area contributed by atoms with Crippen LogP contribution in [0.2, 0.25) is 0 Å². The summed E-state index contributed by atoms with van der Waals surface area (Å²) in [6.07, 6.45) is 0. The lowest BCUT2D eigenvalue weighted by molar-refractivity contribution is 0.0527. The summed E-state index contributed by atoms with van der Waals surface area (Å²) in [6.45, 7) is 2.02. The highest BCUT2D eigenvalue weighted by Gasteiger charge is 2.14. The molecule has 0 spiro atoms. The quantitative estimate of drug-likeness (QED) is 0.464. The zero-order chi connectivity index (χ0) is 15.4. The highest BCUT2D eigenvalue weighted by molar-refractivity contribution is 14.1. The van der Waals surface area contributed by atoms with Gasteiger partial charge in [-0.2, -0.15) is 0 Å². The van der Waals surface area contributed by atoms with Gasteiger partial charge >= 0.3 is 5.97 Å². The number of carbonyl (C=O) groups excluding carboxylic acids is 1. The predicted molar refractivity (Wildman–Crippen MR) is 89.2 cm³/mol. The van der Waals surface area contributed by atoms with Crippen molar-refractivity contribution in [1.29, 1.82) is 0 Å². The highest BCUT2D eigenvalue weighted by Crippen LogP contribution is 2.27. The second-order valence-electron chi connectivity index (χ2n) is 4.27. The number of ether oxygens (including phenoxy) is 1. The standard InChI is InChI=1S/C15H14FIN2O2/c1-2-21-15(20)11-8-10(18)4-6-13(11)19-14-5-3-9(16)7-12(14)17/h3-8,19H,2,18H2,1H3. The first kappa shape index (κ1) is 15.6. The Labute approximate surface area is 135 Å². The van der Waals surface area contributed by atoms with Gasteiger partial charge in [-0.25, -0.2) is 9.18 Å². The fourth-order valence-corrected chi connectivity index (χ4v) is 2.40. The number of nitrogens with two attached hydrogens (primary N) is 1. The zero-order valence-electron chi connectivity index (χ0n) is 11.3. The molecule has 0 aliphatic carbocycles. The minimum Gasteiger partial charge on any atom is -0.462 e. The third-order valence-electron chi connectivity index (χ3n) is 2.74. The number of hydrogen-bond acceptors (Lipinski definition) is 4. The van der Waals surface area contributed by atoms with Crippen molar-refractivity contribution in [3.05, 3.63) is 51.3 Å². The Morgan fingerprint density at radius 2 is 2.00 bits per heavy atom. The molecule has 0 saturated carbocycles. The molecule has 0 unspecified atom stereocenters. The normalized spacial score (nSPS) is 10.2. The van der Waals surface area contributed by atoms with Gasteiger partial charge in [-0.1, -0.05) is 0 Å². The van der Waals surface area contributed by atoms with E-state index in [0.717, 1.165) is 0 Å². The molecule has 3 N–H and O–H groups in total. The molecule has 21 heavy (non-hydrogen) atoms. The molecule has 0 aromatic heterocycles. The van der Waals surface area contributed by atoms with E-state index in [2.05, 4.69) is 5.32 Å². The van der Waals surface area contributed by atoms with E-state index in [1.54, 1.807) is 31.2 Å². The largest absolute Gasteiger partial charge is 0.462 e. The SMILES string of the molecule is CCOC(=O)c1cc(N)ccc1Nc1ccc(F)cc1I. The van der Waals surface area contributed by atoms with Crippen LogP contribution in [0.15, 0.2) is 36.4 Å². The molecule has 110 valence electrons. The van der Waals surface area contributed by atoms with Gasteiger partial charge < -0.3 is 15.8 Å². The topological polar surface area (TPSA) is 64.3 Å². The maximum absolute atomic E-state index is 13.1. The van der Waals surface area contributed by atoms with Crippen molar-refractivity contribution < 1.29 is 13.9 Å². The van der Waals surface area contributed by atoms with Crippen LogP contribution < -0.4 is 11.1 Å². The van der Waals surface area contributed by atoms with Gasteiger partial charge in [0.1, 0.15) is 5.82 Å². The second kappa shape index (κ2) is 6.75. The average molecular weight is 400 g/mol. The number of hydrogen-bond donors (Lipinski definition) is 2. The summed E-state index contributed by atoms with van der Waals surface area (Å²) < 4.78 is 18.8. The molecule has 0 amide bonds. The lowest BCUT2D eigenvalue weighted by Gasteiger charge is -2.13. The van der Waals surface area contributed by atoms with E-state index in [0.29, 0.717) is 26.2 Å². The number of halogens is 2. The molecule has 0 fully saturated rings. The van der Waals surface area contributed by atoms with Gasteiger partial charge in [-0.3, -0.25) is 0 Å². The first-order valence-corrected chi connectivity index (χ1v) is 7.38. The van der Waals surface area contributed by atoms with E-state index in [4.69, 9.17) is 10.5 Å². The van der Waals surface area contributed by atoms with Crippen LogP contribution in [-0.4, -0.2) is 12.6 Å². The minimum atomic E-state index is -0.454. The van der Waals surface area contributed by atoms with Crippen molar-refractivity contribution in [3.63, 3.8) is 0 Å². The molecule has 0 bridgehead atoms. The third-order valence-corrected chi connectivity index (χ3v) is 3.63. The Kier molecular flexibility index (Phi) is 5.00. The summed E-state index contributed by atoms with van der Waals surface area (Å²) in [5.74, 6) is -0.766. The molecule has 0 atom stereocenters. The minimum absolute atomic E-state index is 0.279. The van der Waals surface area contributed by atoms with Gasteiger partial charge in [0.15, 0.2) is 0 Å². The number of anilines is 3. The highest BCUT2D eigenvalue weighted by atomic mass is 127. The lowest BCUT2D eigenvalue weighted by atomic mass is 10.1. The van der Waals surface area contributed by atoms with Gasteiger partial charge in [-0.15, -0.1) is 0 Å². The zero-order valence-corrected chi connectivity index (χ0v) is 13.5. The maximum atomic E-state index is 13.1. The Morgan fingerprint density at radius 1 is 1.29 bits per heavy atom. The van der Waals surface area contributed by atoms with E-state index in [9.17, 15) is 9.18 Å². The first-order chi connectivity index (χ1) is 10.0. The second-order valence-corrected chi connectivity index (χ2v) is 5.44. The summed E-state index contributed by atoms with van der Waals surface area (Å²) >= 11 is 2.02. The lowest BCUT2D eigenvalue weighted by Crippen LogP contribution is -2.09. The predicted octanol–water partition coefficient (Wildman–Crippen LogP) is 3.93. The van der Waals surface area contributed by atoms with Gasteiger partial charge in [0.05, 0.1) is 23.5 Å². The van der Waals surface area contributed by atoms with Crippen LogP contribution in [0.1, 0.15) is 17.3 Å². The van der Waals surface area contributed by atoms with E-state index >= 15 is 0 Å². The van der Waals surface area contributed by atoms with E-state index < -0.39 is 5.97 Å². The Morgan fingerprint density at radius 3 is 2.67 bits per heavy atom. The van der Waals surface area contributed by atoms with Crippen molar-refractivity contribution in [2.45, 2.75) is 6.92 Å². The summed E-state index contributed by atoms with van der Waals surface area (Å²) in [7, 11) is 0. The van der Waals surface area contributed by atoms with Gasteiger partial charge in [0.2, 0.25) is 0 Å². The number of benzene rings is 2. The van der Waals surface area contributed by atoms with Crippen molar-refractivity contribution in [3.8, 4) is 0 Å². The molecule has 0 heterocycles. The number of nitrogens with one attached hydrogen (secondary N) is 1. The molecule has 0 aliphatic heterocycles. The van der Waals surface area contributed by atoms with Crippen LogP contribution >= 0.6 is 22.6 Å². The van der Waals surface area contributed by atoms with Crippen molar-refractivity contribution in [2.24, 2.45) is 0 Å². The van der Waals surface area contributed by atoms with Crippen molar-refractivity contribution in [1.82, 2.24) is 0 Å². The summed E-state index contributed by atoms with van der Waals surface area (Å²) in [5, 5.41) is 3.10. The molecular weight excluding hydrogens is 386 g/mol. The fraction of sp³-hybridized carbons (Fsp3) is 0.133. The first-order valence-electron chi connectivity index (χ1n) is 6.30. The van der Waals surface area contributed by atoms with Gasteiger partial charge in [0.25, 0.3) is 0 Å². The van der Waals surface area contributed by atoms with Crippen LogP contribution in [0.3, 0.4) is 0 Å². The average Bonchev–Trinajstić information content (AvgIpc) is 2.43. The van der Waals surface area contributed by atoms with Crippen molar-refractivity contribution in [2.75, 3.05) is 17.7 Å². The maximum Gasteiger partial charge on any atom is 0.340 e. The molecule has 4 nitrogen and oxygen atoms in total. The molecule has 0 aliphatic rings. The molecule has 0 saturated heterocycles. The Hall–Kier alpha value is -1.83. The number of esters is 1. The molecule has 6 heteroatoms.